The van der Waals surface area contributed by atoms with Gasteiger partial charge >= 0.3 is 0 Å². The number of nitrogens with zero attached hydrogens (tertiary/aromatic N) is 1. The van der Waals surface area contributed by atoms with Gasteiger partial charge in [0.1, 0.15) is 30.5 Å². The van der Waals surface area contributed by atoms with Crippen molar-refractivity contribution in [2.24, 2.45) is 0 Å². The molecule has 1 saturated heterocycles. The third-order valence-corrected chi connectivity index (χ3v) is 6.06. The monoisotopic (exact) mass is 483 g/mol. The molecule has 0 aliphatic carbocycles. The van der Waals surface area contributed by atoms with Gasteiger partial charge in [-0.15, -0.1) is 0 Å². The van der Waals surface area contributed by atoms with Crippen LogP contribution in [0.15, 0.2) is 77.7 Å². The van der Waals surface area contributed by atoms with Crippen molar-refractivity contribution in [3.8, 4) is 11.5 Å². The van der Waals surface area contributed by atoms with Crippen LogP contribution in [0.1, 0.15) is 11.1 Å². The van der Waals surface area contributed by atoms with Crippen molar-refractivity contribution in [2.75, 3.05) is 13.2 Å². The average molecular weight is 484 g/mol. The summed E-state index contributed by atoms with van der Waals surface area (Å²) in [6, 6.07) is 20.6. The van der Waals surface area contributed by atoms with E-state index in [0.717, 1.165) is 11.8 Å². The minimum Gasteiger partial charge on any atom is -0.492 e. The number of para-hydroxylation sites is 1. The summed E-state index contributed by atoms with van der Waals surface area (Å²) in [5, 5.41) is -0.0550. The molecule has 1 heterocycles. The molecule has 0 aromatic heterocycles. The van der Waals surface area contributed by atoms with E-state index in [1.807, 2.05) is 30.3 Å². The number of ether oxygens (including phenoxy) is 2. The second-order valence-electron chi connectivity index (χ2n) is 7.06. The Hall–Kier alpha value is -3.29. The predicted octanol–water partition coefficient (Wildman–Crippen LogP) is 6.17. The number of benzene rings is 3. The summed E-state index contributed by atoms with van der Waals surface area (Å²) in [5.41, 5.74) is 0.946. The lowest BCUT2D eigenvalue weighted by Crippen LogP contribution is -2.32. The third kappa shape index (κ3) is 5.74. The Morgan fingerprint density at radius 2 is 1.70 bits per heavy atom. The van der Waals surface area contributed by atoms with Crippen LogP contribution in [0.4, 0.5) is 9.18 Å². The first-order chi connectivity index (χ1) is 16.0. The van der Waals surface area contributed by atoms with Gasteiger partial charge in [-0.2, -0.15) is 0 Å². The molecule has 4 rings (SSSR count). The smallest absolute Gasteiger partial charge is 0.293 e. The van der Waals surface area contributed by atoms with Gasteiger partial charge in [-0.1, -0.05) is 48.0 Å². The van der Waals surface area contributed by atoms with Crippen LogP contribution in [0.25, 0.3) is 6.08 Å². The summed E-state index contributed by atoms with van der Waals surface area (Å²) in [7, 11) is 0. The highest BCUT2D eigenvalue weighted by Gasteiger charge is 2.34. The molecule has 8 heteroatoms. The zero-order valence-corrected chi connectivity index (χ0v) is 18.9. The maximum atomic E-state index is 13.9. The first-order valence-corrected chi connectivity index (χ1v) is 11.3. The largest absolute Gasteiger partial charge is 0.492 e. The van der Waals surface area contributed by atoms with Gasteiger partial charge in [0.25, 0.3) is 11.1 Å². The molecule has 0 spiro atoms. The SMILES string of the molecule is O=C1S/C(=C\c2cccc(OCc3c(F)cccc3Cl)c2)C(=O)N1CCOc1ccccc1. The first-order valence-electron chi connectivity index (χ1n) is 10.1. The number of carbonyl (C=O) groups excluding carboxylic acids is 2. The van der Waals surface area contributed by atoms with Gasteiger partial charge in [-0.3, -0.25) is 14.5 Å². The number of amides is 2. The molecular formula is C25H19ClFNO4S. The number of thioether (sulfide) groups is 1. The van der Waals surface area contributed by atoms with E-state index in [1.165, 1.54) is 17.0 Å². The standard InChI is InChI=1S/C25H19ClFNO4S/c26-21-10-5-11-22(27)20(21)16-32-19-9-4-6-17(14-19)15-23-24(29)28(25(30)33-23)12-13-31-18-7-2-1-3-8-18/h1-11,14-15H,12-13,16H2/b23-15-. The molecule has 1 aliphatic rings. The van der Waals surface area contributed by atoms with E-state index in [0.29, 0.717) is 22.0 Å². The van der Waals surface area contributed by atoms with Crippen molar-refractivity contribution in [2.45, 2.75) is 6.61 Å². The number of hydrogen-bond donors (Lipinski definition) is 0. The topological polar surface area (TPSA) is 55.8 Å². The summed E-state index contributed by atoms with van der Waals surface area (Å²) in [4.78, 5) is 26.5. The molecule has 0 N–H and O–H groups in total. The van der Waals surface area contributed by atoms with Crippen molar-refractivity contribution < 1.29 is 23.5 Å². The summed E-state index contributed by atoms with van der Waals surface area (Å²) >= 11 is 6.92. The van der Waals surface area contributed by atoms with Crippen molar-refractivity contribution in [3.63, 3.8) is 0 Å². The van der Waals surface area contributed by atoms with Gasteiger partial charge in [0.2, 0.25) is 0 Å². The number of rotatable bonds is 8. The number of carbonyl (C=O) groups is 2. The molecule has 0 radical (unpaired) electrons. The quantitative estimate of drug-likeness (QED) is 0.358. The molecule has 3 aromatic rings. The lowest BCUT2D eigenvalue weighted by atomic mass is 10.2. The van der Waals surface area contributed by atoms with Crippen LogP contribution < -0.4 is 9.47 Å². The fourth-order valence-corrected chi connectivity index (χ4v) is 4.22. The minimum atomic E-state index is -0.441. The van der Waals surface area contributed by atoms with Crippen LogP contribution >= 0.6 is 23.4 Å². The average Bonchev–Trinajstić information content (AvgIpc) is 3.07. The van der Waals surface area contributed by atoms with Crippen LogP contribution in [-0.4, -0.2) is 29.2 Å². The van der Waals surface area contributed by atoms with E-state index in [9.17, 15) is 14.0 Å². The van der Waals surface area contributed by atoms with E-state index >= 15 is 0 Å². The lowest BCUT2D eigenvalue weighted by molar-refractivity contribution is -0.123. The van der Waals surface area contributed by atoms with Crippen LogP contribution in [0.3, 0.4) is 0 Å². The Kier molecular flexibility index (Phi) is 7.32. The van der Waals surface area contributed by atoms with Gasteiger partial charge in [0, 0.05) is 5.56 Å². The first kappa shape index (κ1) is 22.9. The van der Waals surface area contributed by atoms with Crippen LogP contribution in [0, 0.1) is 5.82 Å². The summed E-state index contributed by atoms with van der Waals surface area (Å²) in [6.45, 7) is 0.327. The fraction of sp³-hybridized carbons (Fsp3) is 0.120. The molecule has 0 bridgehead atoms. The second-order valence-corrected chi connectivity index (χ2v) is 8.46. The highest BCUT2D eigenvalue weighted by Crippen LogP contribution is 2.32. The Balaban J connectivity index is 1.39. The van der Waals surface area contributed by atoms with E-state index in [4.69, 9.17) is 21.1 Å². The molecule has 1 fully saturated rings. The van der Waals surface area contributed by atoms with Crippen molar-refractivity contribution in [1.29, 1.82) is 0 Å². The predicted molar refractivity (Wildman–Crippen MR) is 127 cm³/mol. The zero-order valence-electron chi connectivity index (χ0n) is 17.4. The van der Waals surface area contributed by atoms with Gasteiger partial charge in [0.15, 0.2) is 0 Å². The van der Waals surface area contributed by atoms with E-state index in [2.05, 4.69) is 0 Å². The minimum absolute atomic E-state index is 0.0348. The van der Waals surface area contributed by atoms with Crippen molar-refractivity contribution in [1.82, 2.24) is 4.90 Å². The molecule has 0 saturated carbocycles. The molecule has 0 unspecified atom stereocenters. The van der Waals surface area contributed by atoms with Crippen LogP contribution in [0.2, 0.25) is 5.02 Å². The summed E-state index contributed by atoms with van der Waals surface area (Å²) in [5.74, 6) is 0.349. The normalized spacial score (nSPS) is 14.7. The number of imide groups is 1. The Bertz CT molecular complexity index is 1180. The van der Waals surface area contributed by atoms with E-state index in [-0.39, 0.29) is 41.5 Å². The second kappa shape index (κ2) is 10.6. The Morgan fingerprint density at radius 1 is 0.939 bits per heavy atom. The Labute approximate surface area is 199 Å². The molecular weight excluding hydrogens is 465 g/mol. The van der Waals surface area contributed by atoms with Gasteiger partial charge in [-0.05, 0) is 59.8 Å². The Morgan fingerprint density at radius 3 is 2.48 bits per heavy atom. The van der Waals surface area contributed by atoms with Crippen molar-refractivity contribution >= 4 is 40.6 Å². The molecule has 5 nitrogen and oxygen atoms in total. The van der Waals surface area contributed by atoms with E-state index < -0.39 is 5.82 Å². The van der Waals surface area contributed by atoms with Gasteiger partial charge in [-0.25, -0.2) is 4.39 Å². The number of hydrogen-bond acceptors (Lipinski definition) is 5. The molecule has 0 atom stereocenters. The van der Waals surface area contributed by atoms with Crippen molar-refractivity contribution in [3.05, 3.63) is 99.7 Å². The highest BCUT2D eigenvalue weighted by molar-refractivity contribution is 8.18. The molecule has 33 heavy (non-hydrogen) atoms. The summed E-state index contributed by atoms with van der Waals surface area (Å²) < 4.78 is 25.2. The highest BCUT2D eigenvalue weighted by atomic mass is 35.5. The maximum Gasteiger partial charge on any atom is 0.293 e. The summed E-state index contributed by atoms with van der Waals surface area (Å²) in [6.07, 6.45) is 1.63. The molecule has 168 valence electrons. The van der Waals surface area contributed by atoms with Crippen LogP contribution in [0.5, 0.6) is 11.5 Å². The zero-order chi connectivity index (χ0) is 23.2. The maximum absolute atomic E-state index is 13.9. The third-order valence-electron chi connectivity index (χ3n) is 4.80. The fourth-order valence-electron chi connectivity index (χ4n) is 3.14. The molecule has 3 aromatic carbocycles. The molecule has 2 amide bonds. The molecule has 1 aliphatic heterocycles. The van der Waals surface area contributed by atoms with Crippen LogP contribution in [-0.2, 0) is 11.4 Å². The van der Waals surface area contributed by atoms with Gasteiger partial charge in [0.05, 0.1) is 16.5 Å². The lowest BCUT2D eigenvalue weighted by Gasteiger charge is -2.13. The van der Waals surface area contributed by atoms with E-state index in [1.54, 1.807) is 36.4 Å². The number of halogens is 2. The van der Waals surface area contributed by atoms with Gasteiger partial charge < -0.3 is 9.47 Å².